The highest BCUT2D eigenvalue weighted by Crippen LogP contribution is 2.33. The summed E-state index contributed by atoms with van der Waals surface area (Å²) in [5.41, 5.74) is 4.72. The number of rotatable bonds is 6. The van der Waals surface area contributed by atoms with Crippen LogP contribution in [0.5, 0.6) is 5.75 Å². The molecule has 1 aliphatic heterocycles. The summed E-state index contributed by atoms with van der Waals surface area (Å²) >= 11 is 1.36. The second-order valence-electron chi connectivity index (χ2n) is 8.66. The summed E-state index contributed by atoms with van der Waals surface area (Å²) in [6.45, 7) is 6.50. The molecule has 0 unspecified atom stereocenters. The molecule has 0 radical (unpaired) electrons. The first kappa shape index (κ1) is 24.4. The summed E-state index contributed by atoms with van der Waals surface area (Å²) in [6, 6.07) is 11.1. The average molecular weight is 500 g/mol. The third-order valence-electron chi connectivity index (χ3n) is 6.31. The van der Waals surface area contributed by atoms with Gasteiger partial charge in [-0.05, 0) is 69.0 Å². The highest BCUT2D eigenvalue weighted by Gasteiger charge is 2.32. The summed E-state index contributed by atoms with van der Waals surface area (Å²) in [5.74, 6) is 0.346. The van der Waals surface area contributed by atoms with Crippen molar-refractivity contribution >= 4 is 32.4 Å². The minimum absolute atomic E-state index is 0.125. The number of ether oxygens (including phenoxy) is 1. The van der Waals surface area contributed by atoms with E-state index in [4.69, 9.17) is 4.74 Å². The fourth-order valence-electron chi connectivity index (χ4n) is 4.07. The Hall–Kier alpha value is -2.75. The second-order valence-corrected chi connectivity index (χ2v) is 11.5. The molecule has 0 aliphatic carbocycles. The van der Waals surface area contributed by atoms with Gasteiger partial charge in [0.05, 0.1) is 17.7 Å². The number of sulfonamides is 1. The minimum atomic E-state index is -3.57. The Balaban J connectivity index is 1.39. The van der Waals surface area contributed by atoms with Gasteiger partial charge in [-0.3, -0.25) is 4.79 Å². The van der Waals surface area contributed by atoms with E-state index in [1.54, 1.807) is 19.2 Å². The van der Waals surface area contributed by atoms with E-state index in [9.17, 15) is 13.2 Å². The number of thiazole rings is 1. The fraction of sp³-hybridized carbons (Fsp3) is 0.360. The molecule has 0 saturated carbocycles. The molecule has 180 valence electrons. The van der Waals surface area contributed by atoms with E-state index < -0.39 is 10.0 Å². The molecule has 1 saturated heterocycles. The quantitative estimate of drug-likeness (QED) is 0.527. The fourth-order valence-corrected chi connectivity index (χ4v) is 6.33. The van der Waals surface area contributed by atoms with Crippen LogP contribution in [-0.4, -0.2) is 43.8 Å². The smallest absolute Gasteiger partial charge is 0.243 e. The number of hydrogen-bond acceptors (Lipinski definition) is 6. The van der Waals surface area contributed by atoms with Gasteiger partial charge in [0.1, 0.15) is 5.75 Å². The lowest BCUT2D eigenvalue weighted by Crippen LogP contribution is -2.41. The van der Waals surface area contributed by atoms with Crippen molar-refractivity contribution < 1.29 is 17.9 Å². The Bertz CT molecular complexity index is 1310. The Labute approximate surface area is 204 Å². The number of carbonyl (C=O) groups excluding carboxylic acids is 1. The van der Waals surface area contributed by atoms with E-state index in [-0.39, 0.29) is 11.8 Å². The first-order valence-electron chi connectivity index (χ1n) is 11.2. The van der Waals surface area contributed by atoms with Crippen LogP contribution in [0.1, 0.15) is 29.5 Å². The monoisotopic (exact) mass is 499 g/mol. The molecule has 2 aromatic carbocycles. The molecule has 34 heavy (non-hydrogen) atoms. The molecule has 1 aromatic heterocycles. The summed E-state index contributed by atoms with van der Waals surface area (Å²) in [7, 11) is -1.95. The molecule has 0 spiro atoms. The van der Waals surface area contributed by atoms with Crippen LogP contribution >= 0.6 is 11.3 Å². The number of aryl methyl sites for hydroxylation is 3. The molecular weight excluding hydrogens is 470 g/mol. The minimum Gasteiger partial charge on any atom is -0.496 e. The Kier molecular flexibility index (Phi) is 7.06. The number of hydrogen-bond donors (Lipinski definition) is 1. The van der Waals surface area contributed by atoms with Gasteiger partial charge in [0, 0.05) is 30.0 Å². The van der Waals surface area contributed by atoms with E-state index in [0.717, 1.165) is 33.7 Å². The van der Waals surface area contributed by atoms with Gasteiger partial charge < -0.3 is 10.1 Å². The van der Waals surface area contributed by atoms with Crippen LogP contribution < -0.4 is 10.1 Å². The Morgan fingerprint density at radius 3 is 2.50 bits per heavy atom. The third-order valence-corrected chi connectivity index (χ3v) is 8.96. The number of methoxy groups -OCH3 is 1. The standard InChI is InChI=1S/C25H29N3O4S2/c1-16-5-8-23(32-4)21(13-16)22-15-33-25(26-22)27-24(29)19-9-11-28(12-10-19)34(30,31)20-7-6-17(2)18(3)14-20/h5-8,13-15,19H,9-12H2,1-4H3,(H,26,27,29). The van der Waals surface area contributed by atoms with E-state index in [1.165, 1.54) is 15.6 Å². The van der Waals surface area contributed by atoms with Gasteiger partial charge in [-0.1, -0.05) is 17.7 Å². The van der Waals surface area contributed by atoms with Crippen molar-refractivity contribution in [1.82, 2.24) is 9.29 Å². The highest BCUT2D eigenvalue weighted by molar-refractivity contribution is 7.89. The lowest BCUT2D eigenvalue weighted by molar-refractivity contribution is -0.120. The maximum atomic E-state index is 13.0. The van der Waals surface area contributed by atoms with Gasteiger partial charge in [0.2, 0.25) is 15.9 Å². The molecule has 1 fully saturated rings. The zero-order valence-electron chi connectivity index (χ0n) is 19.8. The number of nitrogens with one attached hydrogen (secondary N) is 1. The predicted molar refractivity (Wildman–Crippen MR) is 135 cm³/mol. The zero-order valence-corrected chi connectivity index (χ0v) is 21.4. The van der Waals surface area contributed by atoms with Crippen LogP contribution in [0.25, 0.3) is 11.3 Å². The highest BCUT2D eigenvalue weighted by atomic mass is 32.2. The van der Waals surface area contributed by atoms with Gasteiger partial charge in [-0.2, -0.15) is 4.31 Å². The van der Waals surface area contributed by atoms with Gasteiger partial charge >= 0.3 is 0 Å². The first-order valence-corrected chi connectivity index (χ1v) is 13.5. The van der Waals surface area contributed by atoms with Crippen LogP contribution in [0.3, 0.4) is 0 Å². The van der Waals surface area contributed by atoms with Gasteiger partial charge in [-0.25, -0.2) is 13.4 Å². The molecule has 0 atom stereocenters. The molecule has 0 bridgehead atoms. The van der Waals surface area contributed by atoms with Crippen LogP contribution in [0.15, 0.2) is 46.7 Å². The number of aromatic nitrogens is 1. The number of anilines is 1. The average Bonchev–Trinajstić information content (AvgIpc) is 3.29. The maximum absolute atomic E-state index is 13.0. The molecular formula is C25H29N3O4S2. The summed E-state index contributed by atoms with van der Waals surface area (Å²) in [6.07, 6.45) is 0.944. The molecule has 1 aliphatic rings. The number of carbonyl (C=O) groups is 1. The zero-order chi connectivity index (χ0) is 24.5. The molecule has 9 heteroatoms. The topological polar surface area (TPSA) is 88.6 Å². The summed E-state index contributed by atoms with van der Waals surface area (Å²) in [5, 5.41) is 5.33. The number of amides is 1. The molecule has 1 N–H and O–H groups in total. The number of piperidine rings is 1. The summed E-state index contributed by atoms with van der Waals surface area (Å²) < 4.78 is 33.0. The number of benzene rings is 2. The third kappa shape index (κ3) is 5.01. The van der Waals surface area contributed by atoms with E-state index >= 15 is 0 Å². The van der Waals surface area contributed by atoms with Crippen LogP contribution in [-0.2, 0) is 14.8 Å². The second kappa shape index (κ2) is 9.85. The van der Waals surface area contributed by atoms with Crippen LogP contribution in [0, 0.1) is 26.7 Å². The maximum Gasteiger partial charge on any atom is 0.243 e. The van der Waals surface area contributed by atoms with Crippen LogP contribution in [0.2, 0.25) is 0 Å². The predicted octanol–water partition coefficient (Wildman–Crippen LogP) is 4.78. The molecule has 3 aromatic rings. The molecule has 1 amide bonds. The van der Waals surface area contributed by atoms with Crippen molar-refractivity contribution in [2.24, 2.45) is 5.92 Å². The van der Waals surface area contributed by atoms with Crippen molar-refractivity contribution in [2.75, 3.05) is 25.5 Å². The normalized spacial score (nSPS) is 15.3. The van der Waals surface area contributed by atoms with Crippen molar-refractivity contribution in [3.8, 4) is 17.0 Å². The lowest BCUT2D eigenvalue weighted by Gasteiger charge is -2.30. The summed E-state index contributed by atoms with van der Waals surface area (Å²) in [4.78, 5) is 17.7. The van der Waals surface area contributed by atoms with Gasteiger partial charge in [0.15, 0.2) is 5.13 Å². The van der Waals surface area contributed by atoms with E-state index in [0.29, 0.717) is 36.0 Å². The molecule has 7 nitrogen and oxygen atoms in total. The SMILES string of the molecule is COc1ccc(C)cc1-c1csc(NC(=O)C2CCN(S(=O)(=O)c3ccc(C)c(C)c3)CC2)n1. The Morgan fingerprint density at radius 2 is 1.82 bits per heavy atom. The molecule has 4 rings (SSSR count). The van der Waals surface area contributed by atoms with E-state index in [1.807, 2.05) is 50.4 Å². The number of nitrogens with zero attached hydrogens (tertiary/aromatic N) is 2. The largest absolute Gasteiger partial charge is 0.496 e. The first-order chi connectivity index (χ1) is 16.2. The van der Waals surface area contributed by atoms with Gasteiger partial charge in [0.25, 0.3) is 0 Å². The molecule has 2 heterocycles. The van der Waals surface area contributed by atoms with Crippen molar-refractivity contribution in [1.29, 1.82) is 0 Å². The van der Waals surface area contributed by atoms with Crippen molar-refractivity contribution in [2.45, 2.75) is 38.5 Å². The van der Waals surface area contributed by atoms with Crippen LogP contribution in [0.4, 0.5) is 5.13 Å². The van der Waals surface area contributed by atoms with Crippen molar-refractivity contribution in [3.63, 3.8) is 0 Å². The van der Waals surface area contributed by atoms with E-state index in [2.05, 4.69) is 10.3 Å². The lowest BCUT2D eigenvalue weighted by atomic mass is 9.97. The van der Waals surface area contributed by atoms with Crippen molar-refractivity contribution in [3.05, 3.63) is 58.5 Å². The van der Waals surface area contributed by atoms with Gasteiger partial charge in [-0.15, -0.1) is 11.3 Å². The Morgan fingerprint density at radius 1 is 1.09 bits per heavy atom.